The molecule has 1 aromatic carbocycles. The Morgan fingerprint density at radius 3 is 2.64 bits per heavy atom. The van der Waals surface area contributed by atoms with Crippen LogP contribution in [0.5, 0.6) is 0 Å². The third-order valence-corrected chi connectivity index (χ3v) is 3.83. The number of anilines is 1. The van der Waals surface area contributed by atoms with Gasteiger partial charge < -0.3 is 9.25 Å². The number of nitrogens with zero attached hydrogens (tertiary/aromatic N) is 2. The highest BCUT2D eigenvalue weighted by Gasteiger charge is 2.25. The number of hydroxylamine groups is 1. The molecule has 0 unspecified atom stereocenters. The monoisotopic (exact) mass is 380 g/mol. The van der Waals surface area contributed by atoms with E-state index in [4.69, 9.17) is 37.7 Å². The maximum absolute atomic E-state index is 12.7. The van der Waals surface area contributed by atoms with Crippen LogP contribution in [0.25, 0.3) is 0 Å². The highest BCUT2D eigenvalue weighted by Crippen LogP contribution is 2.28. The lowest BCUT2D eigenvalue weighted by Gasteiger charge is -2.20. The molecular formula is C17H14Cl2N2O4. The van der Waals surface area contributed by atoms with Crippen LogP contribution in [-0.4, -0.2) is 11.9 Å². The Hall–Kier alpha value is -2.49. The van der Waals surface area contributed by atoms with Crippen molar-refractivity contribution in [3.63, 3.8) is 0 Å². The highest BCUT2D eigenvalue weighted by molar-refractivity contribution is 6.42. The summed E-state index contributed by atoms with van der Waals surface area (Å²) >= 11 is 11.9. The predicted molar refractivity (Wildman–Crippen MR) is 92.3 cm³/mol. The zero-order chi connectivity index (χ0) is 18.4. The molecular weight excluding hydrogens is 367 g/mol. The van der Waals surface area contributed by atoms with Crippen molar-refractivity contribution in [3.05, 3.63) is 51.9 Å². The van der Waals surface area contributed by atoms with Crippen LogP contribution < -0.4 is 5.06 Å². The summed E-state index contributed by atoms with van der Waals surface area (Å²) in [6.45, 7) is 1.81. The van der Waals surface area contributed by atoms with Gasteiger partial charge in [0.2, 0.25) is 0 Å². The van der Waals surface area contributed by atoms with E-state index in [1.165, 1.54) is 30.3 Å². The molecule has 0 N–H and O–H groups in total. The van der Waals surface area contributed by atoms with E-state index in [9.17, 15) is 9.59 Å². The lowest BCUT2D eigenvalue weighted by atomic mass is 10.3. The molecule has 8 heteroatoms. The summed E-state index contributed by atoms with van der Waals surface area (Å²) in [5.74, 6) is -1.02. The maximum atomic E-state index is 12.7. The van der Waals surface area contributed by atoms with E-state index in [1.807, 2.05) is 13.0 Å². The third kappa shape index (κ3) is 4.75. The van der Waals surface area contributed by atoms with Gasteiger partial charge in [-0.2, -0.15) is 5.26 Å². The minimum atomic E-state index is -0.702. The predicted octanol–water partition coefficient (Wildman–Crippen LogP) is 4.56. The van der Waals surface area contributed by atoms with Crippen molar-refractivity contribution < 1.29 is 18.8 Å². The Kier molecular flexibility index (Phi) is 6.45. The van der Waals surface area contributed by atoms with E-state index in [-0.39, 0.29) is 29.3 Å². The van der Waals surface area contributed by atoms with E-state index >= 15 is 0 Å². The molecule has 0 bridgehead atoms. The van der Waals surface area contributed by atoms with Gasteiger partial charge in [0, 0.05) is 6.42 Å². The molecule has 0 saturated carbocycles. The summed E-state index contributed by atoms with van der Waals surface area (Å²) in [5, 5.41) is 9.99. The molecule has 25 heavy (non-hydrogen) atoms. The molecule has 1 amide bonds. The molecule has 0 aliphatic rings. The quantitative estimate of drug-likeness (QED) is 0.709. The van der Waals surface area contributed by atoms with Crippen LogP contribution in [0.1, 0.15) is 36.1 Å². The van der Waals surface area contributed by atoms with Crippen LogP contribution in [0.15, 0.2) is 34.7 Å². The topological polar surface area (TPSA) is 83.5 Å². The van der Waals surface area contributed by atoms with Crippen LogP contribution >= 0.6 is 23.2 Å². The highest BCUT2D eigenvalue weighted by atomic mass is 35.5. The van der Waals surface area contributed by atoms with Gasteiger partial charge in [0.05, 0.1) is 28.2 Å². The molecule has 2 rings (SSSR count). The van der Waals surface area contributed by atoms with Crippen LogP contribution in [0.4, 0.5) is 5.69 Å². The fraction of sp³-hybridized carbons (Fsp3) is 0.235. The molecule has 0 aliphatic heterocycles. The Morgan fingerprint density at radius 1 is 1.24 bits per heavy atom. The lowest BCUT2D eigenvalue weighted by molar-refractivity contribution is -0.144. The molecule has 0 saturated heterocycles. The van der Waals surface area contributed by atoms with Gasteiger partial charge in [-0.15, -0.1) is 5.06 Å². The number of halogens is 2. The SMILES string of the molecule is CCCC(=O)ON(C(=O)c1ccc(CC#N)o1)c1ccc(Cl)c(Cl)c1. The number of carbonyl (C=O) groups excluding carboxylic acids is 2. The summed E-state index contributed by atoms with van der Waals surface area (Å²) < 4.78 is 5.32. The Balaban J connectivity index is 2.35. The number of nitriles is 1. The van der Waals surface area contributed by atoms with Gasteiger partial charge in [-0.05, 0) is 36.8 Å². The number of hydrogen-bond acceptors (Lipinski definition) is 5. The van der Waals surface area contributed by atoms with Crippen LogP contribution in [0, 0.1) is 11.3 Å². The van der Waals surface area contributed by atoms with E-state index in [1.54, 1.807) is 0 Å². The van der Waals surface area contributed by atoms with Crippen molar-refractivity contribution in [2.24, 2.45) is 0 Å². The van der Waals surface area contributed by atoms with Gasteiger partial charge in [-0.1, -0.05) is 30.1 Å². The summed E-state index contributed by atoms with van der Waals surface area (Å²) in [4.78, 5) is 29.7. The molecule has 0 atom stereocenters. The third-order valence-electron chi connectivity index (χ3n) is 3.10. The first-order valence-electron chi connectivity index (χ1n) is 7.42. The van der Waals surface area contributed by atoms with E-state index < -0.39 is 11.9 Å². The lowest BCUT2D eigenvalue weighted by Crippen LogP contribution is -2.33. The van der Waals surface area contributed by atoms with Crippen molar-refractivity contribution in [1.82, 2.24) is 0 Å². The van der Waals surface area contributed by atoms with Crippen molar-refractivity contribution in [1.29, 1.82) is 5.26 Å². The standard InChI is InChI=1S/C17H14Cl2N2O4/c1-2-3-16(22)25-21(11-4-6-13(18)14(19)10-11)17(23)15-7-5-12(24-15)8-9-20/h4-7,10H,2-3,8H2,1H3. The summed E-state index contributed by atoms with van der Waals surface area (Å²) in [5.41, 5.74) is 0.224. The molecule has 0 spiro atoms. The van der Waals surface area contributed by atoms with Gasteiger partial charge in [-0.3, -0.25) is 4.79 Å². The Morgan fingerprint density at radius 2 is 2.00 bits per heavy atom. The van der Waals surface area contributed by atoms with Gasteiger partial charge in [0.25, 0.3) is 0 Å². The smallest absolute Gasteiger partial charge is 0.333 e. The van der Waals surface area contributed by atoms with Crippen molar-refractivity contribution in [3.8, 4) is 6.07 Å². The maximum Gasteiger partial charge on any atom is 0.333 e. The molecule has 1 heterocycles. The largest absolute Gasteiger partial charge is 0.455 e. The van der Waals surface area contributed by atoms with Crippen LogP contribution in [-0.2, 0) is 16.1 Å². The normalized spacial score (nSPS) is 10.2. The summed E-state index contributed by atoms with van der Waals surface area (Å²) in [6, 6.07) is 9.22. The van der Waals surface area contributed by atoms with Gasteiger partial charge in [-0.25, -0.2) is 4.79 Å². The number of furan rings is 1. The molecule has 2 aromatic rings. The first-order valence-corrected chi connectivity index (χ1v) is 8.17. The Labute approximate surface area is 154 Å². The minimum Gasteiger partial charge on any atom is -0.455 e. The van der Waals surface area contributed by atoms with Crippen molar-refractivity contribution in [2.45, 2.75) is 26.2 Å². The average Bonchev–Trinajstić information content (AvgIpc) is 3.04. The second kappa shape index (κ2) is 8.56. The van der Waals surface area contributed by atoms with Crippen molar-refractivity contribution >= 4 is 40.8 Å². The van der Waals surface area contributed by atoms with Crippen LogP contribution in [0.2, 0.25) is 10.0 Å². The second-order valence-electron chi connectivity index (χ2n) is 5.01. The zero-order valence-corrected chi connectivity index (χ0v) is 14.8. The molecule has 0 radical (unpaired) electrons. The zero-order valence-electron chi connectivity index (χ0n) is 13.3. The number of hydrogen-bond donors (Lipinski definition) is 0. The fourth-order valence-electron chi connectivity index (χ4n) is 1.94. The molecule has 6 nitrogen and oxygen atoms in total. The van der Waals surface area contributed by atoms with Gasteiger partial charge in [0.1, 0.15) is 5.76 Å². The van der Waals surface area contributed by atoms with E-state index in [0.29, 0.717) is 17.2 Å². The van der Waals surface area contributed by atoms with Crippen LogP contribution in [0.3, 0.4) is 0 Å². The molecule has 0 aliphatic carbocycles. The summed E-state index contributed by atoms with van der Waals surface area (Å²) in [7, 11) is 0. The Bertz CT molecular complexity index is 826. The minimum absolute atomic E-state index is 0.0235. The van der Waals surface area contributed by atoms with Gasteiger partial charge in [0.15, 0.2) is 5.76 Å². The number of carbonyl (C=O) groups is 2. The number of amides is 1. The molecule has 1 aromatic heterocycles. The number of benzene rings is 1. The van der Waals surface area contributed by atoms with Gasteiger partial charge >= 0.3 is 11.9 Å². The van der Waals surface area contributed by atoms with E-state index in [2.05, 4.69) is 0 Å². The first-order chi connectivity index (χ1) is 12.0. The molecule has 0 fully saturated rings. The second-order valence-corrected chi connectivity index (χ2v) is 5.83. The summed E-state index contributed by atoms with van der Waals surface area (Å²) in [6.07, 6.45) is 0.730. The number of rotatable bonds is 5. The average molecular weight is 381 g/mol. The van der Waals surface area contributed by atoms with Crippen molar-refractivity contribution in [2.75, 3.05) is 5.06 Å². The first kappa shape index (κ1) is 18.8. The van der Waals surface area contributed by atoms with E-state index in [0.717, 1.165) is 5.06 Å². The fourth-order valence-corrected chi connectivity index (χ4v) is 2.23. The molecule has 130 valence electrons.